The first-order chi connectivity index (χ1) is 7.51. The van der Waals surface area contributed by atoms with Crippen LogP contribution in [0.1, 0.15) is 25.8 Å². The fourth-order valence-corrected chi connectivity index (χ4v) is 2.32. The Morgan fingerprint density at radius 2 is 1.94 bits per heavy atom. The first kappa shape index (κ1) is 13.0. The molecule has 0 bridgehead atoms. The van der Waals surface area contributed by atoms with Crippen LogP contribution in [-0.4, -0.2) is 20.8 Å². The zero-order valence-corrected chi connectivity index (χ0v) is 10.8. The third-order valence-electron chi connectivity index (χ3n) is 2.35. The molecule has 90 valence electrons. The SMILES string of the molecule is CCCOc1ccc(S(=O)(=O)CC)cc1C. The summed E-state index contributed by atoms with van der Waals surface area (Å²) in [5.74, 6) is 0.888. The molecule has 1 aromatic rings. The predicted octanol–water partition coefficient (Wildman–Crippen LogP) is 2.58. The quantitative estimate of drug-likeness (QED) is 0.797. The Morgan fingerprint density at radius 1 is 1.25 bits per heavy atom. The summed E-state index contributed by atoms with van der Waals surface area (Å²) in [5.41, 5.74) is 0.864. The Bertz CT molecular complexity index is 449. The fraction of sp³-hybridized carbons (Fsp3) is 0.500. The van der Waals surface area contributed by atoms with E-state index >= 15 is 0 Å². The number of benzene rings is 1. The summed E-state index contributed by atoms with van der Waals surface area (Å²) in [5, 5.41) is 0. The molecule has 0 fully saturated rings. The van der Waals surface area contributed by atoms with Crippen LogP contribution in [0.25, 0.3) is 0 Å². The number of hydrogen-bond donors (Lipinski definition) is 0. The van der Waals surface area contributed by atoms with Crippen LogP contribution in [0.5, 0.6) is 5.75 Å². The molecule has 3 nitrogen and oxygen atoms in total. The second kappa shape index (κ2) is 5.34. The lowest BCUT2D eigenvalue weighted by Crippen LogP contribution is -2.04. The molecule has 0 heterocycles. The monoisotopic (exact) mass is 242 g/mol. The van der Waals surface area contributed by atoms with Gasteiger partial charge in [0.15, 0.2) is 9.84 Å². The van der Waals surface area contributed by atoms with E-state index in [4.69, 9.17) is 4.74 Å². The maximum atomic E-state index is 11.6. The first-order valence-electron chi connectivity index (χ1n) is 5.47. The number of ether oxygens (including phenoxy) is 1. The second-order valence-electron chi connectivity index (χ2n) is 3.68. The highest BCUT2D eigenvalue weighted by Crippen LogP contribution is 2.22. The minimum absolute atomic E-state index is 0.127. The zero-order chi connectivity index (χ0) is 12.2. The van der Waals surface area contributed by atoms with Gasteiger partial charge in [0.1, 0.15) is 5.75 Å². The highest BCUT2D eigenvalue weighted by Gasteiger charge is 2.12. The molecule has 1 aromatic carbocycles. The zero-order valence-electron chi connectivity index (χ0n) is 9.99. The van der Waals surface area contributed by atoms with Crippen molar-refractivity contribution in [1.29, 1.82) is 0 Å². The van der Waals surface area contributed by atoms with Crippen LogP contribution >= 0.6 is 0 Å². The summed E-state index contributed by atoms with van der Waals surface area (Å²) in [6.07, 6.45) is 0.939. The summed E-state index contributed by atoms with van der Waals surface area (Å²) in [7, 11) is -3.11. The van der Waals surface area contributed by atoms with Crippen LogP contribution in [0.15, 0.2) is 23.1 Å². The van der Waals surface area contributed by atoms with Gasteiger partial charge in [0, 0.05) is 0 Å². The van der Waals surface area contributed by atoms with Crippen LogP contribution in [-0.2, 0) is 9.84 Å². The number of hydrogen-bond acceptors (Lipinski definition) is 3. The lowest BCUT2D eigenvalue weighted by Gasteiger charge is -2.09. The normalized spacial score (nSPS) is 11.4. The summed E-state index contributed by atoms with van der Waals surface area (Å²) in [6, 6.07) is 5.01. The highest BCUT2D eigenvalue weighted by atomic mass is 32.2. The fourth-order valence-electron chi connectivity index (χ4n) is 1.36. The van der Waals surface area contributed by atoms with Crippen molar-refractivity contribution in [2.24, 2.45) is 0 Å². The number of aryl methyl sites for hydroxylation is 1. The van der Waals surface area contributed by atoms with Crippen molar-refractivity contribution in [3.05, 3.63) is 23.8 Å². The average Bonchev–Trinajstić information content (AvgIpc) is 2.27. The molecule has 0 radical (unpaired) electrons. The summed E-state index contributed by atoms with van der Waals surface area (Å²) in [4.78, 5) is 0.372. The number of sulfone groups is 1. The number of rotatable bonds is 5. The highest BCUT2D eigenvalue weighted by molar-refractivity contribution is 7.91. The van der Waals surface area contributed by atoms with E-state index in [9.17, 15) is 8.42 Å². The van der Waals surface area contributed by atoms with Gasteiger partial charge in [-0.3, -0.25) is 0 Å². The molecule has 0 saturated heterocycles. The van der Waals surface area contributed by atoms with Gasteiger partial charge in [0.05, 0.1) is 17.3 Å². The summed E-state index contributed by atoms with van der Waals surface area (Å²) < 4.78 is 28.8. The van der Waals surface area contributed by atoms with E-state index in [1.54, 1.807) is 25.1 Å². The molecule has 0 aliphatic rings. The van der Waals surface area contributed by atoms with E-state index in [1.165, 1.54) is 0 Å². The Balaban J connectivity index is 3.00. The Labute approximate surface area is 97.4 Å². The minimum atomic E-state index is -3.11. The minimum Gasteiger partial charge on any atom is -0.493 e. The average molecular weight is 242 g/mol. The van der Waals surface area contributed by atoms with Crippen molar-refractivity contribution < 1.29 is 13.2 Å². The van der Waals surface area contributed by atoms with Crippen LogP contribution in [0.4, 0.5) is 0 Å². The summed E-state index contributed by atoms with van der Waals surface area (Å²) >= 11 is 0. The lowest BCUT2D eigenvalue weighted by molar-refractivity contribution is 0.315. The third-order valence-corrected chi connectivity index (χ3v) is 4.08. The molecule has 0 N–H and O–H groups in total. The van der Waals surface area contributed by atoms with Crippen LogP contribution in [0, 0.1) is 6.92 Å². The van der Waals surface area contributed by atoms with Gasteiger partial charge in [-0.2, -0.15) is 0 Å². The van der Waals surface area contributed by atoms with E-state index in [0.29, 0.717) is 11.5 Å². The predicted molar refractivity (Wildman–Crippen MR) is 64.7 cm³/mol. The molecule has 0 aromatic heterocycles. The van der Waals surface area contributed by atoms with Gasteiger partial charge in [-0.1, -0.05) is 13.8 Å². The molecular weight excluding hydrogens is 224 g/mol. The standard InChI is InChI=1S/C12H18O3S/c1-4-8-15-12-7-6-11(9-10(12)3)16(13,14)5-2/h6-7,9H,4-5,8H2,1-3H3. The Morgan fingerprint density at radius 3 is 2.44 bits per heavy atom. The van der Waals surface area contributed by atoms with Gasteiger partial charge < -0.3 is 4.74 Å². The first-order valence-corrected chi connectivity index (χ1v) is 7.12. The molecular formula is C12H18O3S. The van der Waals surface area contributed by atoms with Crippen molar-refractivity contribution >= 4 is 9.84 Å². The van der Waals surface area contributed by atoms with E-state index in [2.05, 4.69) is 0 Å². The molecule has 0 aliphatic heterocycles. The van der Waals surface area contributed by atoms with Crippen molar-refractivity contribution in [3.8, 4) is 5.75 Å². The Hall–Kier alpha value is -1.03. The van der Waals surface area contributed by atoms with E-state index < -0.39 is 9.84 Å². The third kappa shape index (κ3) is 2.98. The molecule has 0 saturated carbocycles. The van der Waals surface area contributed by atoms with Gasteiger partial charge >= 0.3 is 0 Å². The maximum Gasteiger partial charge on any atom is 0.178 e. The van der Waals surface area contributed by atoms with Crippen molar-refractivity contribution in [3.63, 3.8) is 0 Å². The topological polar surface area (TPSA) is 43.4 Å². The van der Waals surface area contributed by atoms with E-state index in [1.807, 2.05) is 13.8 Å². The summed E-state index contributed by atoms with van der Waals surface area (Å²) in [6.45, 7) is 6.19. The second-order valence-corrected chi connectivity index (χ2v) is 5.96. The maximum absolute atomic E-state index is 11.6. The lowest BCUT2D eigenvalue weighted by atomic mass is 10.2. The van der Waals surface area contributed by atoms with Gasteiger partial charge in [0.25, 0.3) is 0 Å². The van der Waals surface area contributed by atoms with Crippen LogP contribution in [0.3, 0.4) is 0 Å². The molecule has 0 amide bonds. The van der Waals surface area contributed by atoms with Crippen molar-refractivity contribution in [2.45, 2.75) is 32.1 Å². The molecule has 0 aliphatic carbocycles. The smallest absolute Gasteiger partial charge is 0.178 e. The largest absolute Gasteiger partial charge is 0.493 e. The van der Waals surface area contributed by atoms with E-state index in [0.717, 1.165) is 17.7 Å². The molecule has 0 spiro atoms. The molecule has 16 heavy (non-hydrogen) atoms. The molecule has 0 unspecified atom stereocenters. The van der Waals surface area contributed by atoms with Gasteiger partial charge in [-0.25, -0.2) is 8.42 Å². The van der Waals surface area contributed by atoms with Gasteiger partial charge in [0.2, 0.25) is 0 Å². The molecule has 0 atom stereocenters. The Kier molecular flexibility index (Phi) is 4.35. The molecule has 1 rings (SSSR count). The van der Waals surface area contributed by atoms with Crippen molar-refractivity contribution in [1.82, 2.24) is 0 Å². The van der Waals surface area contributed by atoms with Crippen LogP contribution in [0.2, 0.25) is 0 Å². The van der Waals surface area contributed by atoms with Gasteiger partial charge in [-0.15, -0.1) is 0 Å². The van der Waals surface area contributed by atoms with Crippen molar-refractivity contribution in [2.75, 3.05) is 12.4 Å². The van der Waals surface area contributed by atoms with Gasteiger partial charge in [-0.05, 0) is 37.1 Å². The van der Waals surface area contributed by atoms with E-state index in [-0.39, 0.29) is 5.75 Å². The molecule has 4 heteroatoms. The van der Waals surface area contributed by atoms with Crippen LogP contribution < -0.4 is 4.74 Å².